The van der Waals surface area contributed by atoms with Crippen molar-refractivity contribution in [1.29, 1.82) is 0 Å². The van der Waals surface area contributed by atoms with Gasteiger partial charge in [-0.3, -0.25) is 9.17 Å². The SMILES string of the molecule is CC(C)C(COS(C)(=O)=O)c1ccccn1. The highest BCUT2D eigenvalue weighted by Gasteiger charge is 2.19. The molecule has 0 aliphatic carbocycles. The molecule has 1 heterocycles. The van der Waals surface area contributed by atoms with Crippen LogP contribution in [-0.4, -0.2) is 26.3 Å². The van der Waals surface area contributed by atoms with Crippen LogP contribution >= 0.6 is 0 Å². The van der Waals surface area contributed by atoms with Crippen LogP contribution in [0.3, 0.4) is 0 Å². The van der Waals surface area contributed by atoms with E-state index in [0.29, 0.717) is 0 Å². The number of hydrogen-bond acceptors (Lipinski definition) is 4. The molecular weight excluding hydrogens is 226 g/mol. The first-order valence-corrected chi connectivity index (χ1v) is 6.97. The molecule has 1 atom stereocenters. The van der Waals surface area contributed by atoms with E-state index in [-0.39, 0.29) is 18.4 Å². The quantitative estimate of drug-likeness (QED) is 0.740. The lowest BCUT2D eigenvalue weighted by molar-refractivity contribution is 0.262. The van der Waals surface area contributed by atoms with E-state index >= 15 is 0 Å². The van der Waals surface area contributed by atoms with Crippen LogP contribution in [0.1, 0.15) is 25.5 Å². The van der Waals surface area contributed by atoms with Gasteiger partial charge in [0.15, 0.2) is 0 Å². The highest BCUT2D eigenvalue weighted by molar-refractivity contribution is 7.85. The zero-order valence-electron chi connectivity index (χ0n) is 9.75. The Bertz CT molecular complexity index is 414. The molecule has 0 amide bonds. The zero-order valence-corrected chi connectivity index (χ0v) is 10.6. The fraction of sp³-hybridized carbons (Fsp3) is 0.545. The molecule has 0 fully saturated rings. The van der Waals surface area contributed by atoms with Gasteiger partial charge in [0.05, 0.1) is 12.9 Å². The number of pyridine rings is 1. The van der Waals surface area contributed by atoms with Gasteiger partial charge in [0.25, 0.3) is 10.1 Å². The molecule has 0 saturated carbocycles. The van der Waals surface area contributed by atoms with Crippen LogP contribution in [0.2, 0.25) is 0 Å². The summed E-state index contributed by atoms with van der Waals surface area (Å²) in [5.74, 6) is 0.271. The molecule has 0 radical (unpaired) electrons. The second-order valence-corrected chi connectivity index (χ2v) is 5.74. The highest BCUT2D eigenvalue weighted by Crippen LogP contribution is 2.23. The third-order valence-electron chi connectivity index (χ3n) is 2.33. The fourth-order valence-electron chi connectivity index (χ4n) is 1.41. The van der Waals surface area contributed by atoms with Crippen molar-refractivity contribution in [3.8, 4) is 0 Å². The normalized spacial score (nSPS) is 14.0. The maximum absolute atomic E-state index is 10.9. The molecule has 1 aromatic rings. The molecule has 0 saturated heterocycles. The summed E-state index contributed by atoms with van der Waals surface area (Å²) >= 11 is 0. The van der Waals surface area contributed by atoms with Crippen molar-refractivity contribution < 1.29 is 12.6 Å². The summed E-state index contributed by atoms with van der Waals surface area (Å²) in [5, 5.41) is 0. The second-order valence-electron chi connectivity index (χ2n) is 4.09. The summed E-state index contributed by atoms with van der Waals surface area (Å²) in [5.41, 5.74) is 0.862. The average Bonchev–Trinajstić information content (AvgIpc) is 2.17. The largest absolute Gasteiger partial charge is 0.270 e. The van der Waals surface area contributed by atoms with Crippen molar-refractivity contribution in [1.82, 2.24) is 4.98 Å². The summed E-state index contributed by atoms with van der Waals surface area (Å²) in [7, 11) is -3.39. The van der Waals surface area contributed by atoms with Gasteiger partial charge >= 0.3 is 0 Å². The standard InChI is InChI=1S/C11H17NO3S/c1-9(2)10(8-15-16(3,13)14)11-6-4-5-7-12-11/h4-7,9-10H,8H2,1-3H3. The van der Waals surface area contributed by atoms with Crippen LogP contribution < -0.4 is 0 Å². The Balaban J connectivity index is 2.77. The van der Waals surface area contributed by atoms with Crippen molar-refractivity contribution in [3.63, 3.8) is 0 Å². The zero-order chi connectivity index (χ0) is 12.2. The number of hydrogen-bond donors (Lipinski definition) is 0. The Kier molecular flexibility index (Phi) is 4.44. The maximum atomic E-state index is 10.9. The molecule has 0 aliphatic rings. The summed E-state index contributed by atoms with van der Waals surface area (Å²) in [4.78, 5) is 4.23. The molecule has 0 aliphatic heterocycles. The lowest BCUT2D eigenvalue weighted by Gasteiger charge is -2.19. The summed E-state index contributed by atoms with van der Waals surface area (Å²) in [6, 6.07) is 5.60. The number of rotatable bonds is 5. The molecule has 0 spiro atoms. The van der Waals surface area contributed by atoms with Gasteiger partial charge < -0.3 is 0 Å². The van der Waals surface area contributed by atoms with Gasteiger partial charge in [-0.1, -0.05) is 19.9 Å². The Labute approximate surface area is 96.8 Å². The van der Waals surface area contributed by atoms with Gasteiger partial charge in [-0.25, -0.2) is 0 Å². The van der Waals surface area contributed by atoms with Crippen molar-refractivity contribution >= 4 is 10.1 Å². The molecule has 90 valence electrons. The molecule has 1 rings (SSSR count). The molecule has 0 aromatic carbocycles. The van der Waals surface area contributed by atoms with Crippen molar-refractivity contribution in [2.45, 2.75) is 19.8 Å². The third kappa shape index (κ3) is 4.28. The molecule has 16 heavy (non-hydrogen) atoms. The van der Waals surface area contributed by atoms with Crippen LogP contribution in [0, 0.1) is 5.92 Å². The Morgan fingerprint density at radius 1 is 1.38 bits per heavy atom. The van der Waals surface area contributed by atoms with E-state index in [1.54, 1.807) is 6.20 Å². The minimum absolute atomic E-state index is 0.00377. The van der Waals surface area contributed by atoms with Crippen LogP contribution in [0.25, 0.3) is 0 Å². The Morgan fingerprint density at radius 2 is 2.06 bits per heavy atom. The minimum atomic E-state index is -3.39. The Morgan fingerprint density at radius 3 is 2.50 bits per heavy atom. The van der Waals surface area contributed by atoms with Gasteiger partial charge in [0, 0.05) is 17.8 Å². The highest BCUT2D eigenvalue weighted by atomic mass is 32.2. The van der Waals surface area contributed by atoms with Crippen molar-refractivity contribution in [2.75, 3.05) is 12.9 Å². The van der Waals surface area contributed by atoms with E-state index in [4.69, 9.17) is 4.18 Å². The summed E-state index contributed by atoms with van der Waals surface area (Å²) in [6.07, 6.45) is 2.76. The van der Waals surface area contributed by atoms with E-state index in [1.165, 1.54) is 0 Å². The van der Waals surface area contributed by atoms with E-state index in [2.05, 4.69) is 4.98 Å². The smallest absolute Gasteiger partial charge is 0.264 e. The predicted octanol–water partition coefficient (Wildman–Crippen LogP) is 1.80. The van der Waals surface area contributed by atoms with Crippen molar-refractivity contribution in [3.05, 3.63) is 30.1 Å². The molecule has 1 aromatic heterocycles. The summed E-state index contributed by atoms with van der Waals surface area (Å²) in [6.45, 7) is 4.18. The van der Waals surface area contributed by atoms with Crippen LogP contribution in [0.4, 0.5) is 0 Å². The molecule has 5 heteroatoms. The van der Waals surface area contributed by atoms with Gasteiger partial charge in [0.1, 0.15) is 0 Å². The van der Waals surface area contributed by atoms with E-state index in [1.807, 2.05) is 32.0 Å². The van der Waals surface area contributed by atoms with E-state index < -0.39 is 10.1 Å². The van der Waals surface area contributed by atoms with Gasteiger partial charge in [-0.15, -0.1) is 0 Å². The number of nitrogens with zero attached hydrogens (tertiary/aromatic N) is 1. The molecule has 0 N–H and O–H groups in total. The average molecular weight is 243 g/mol. The van der Waals surface area contributed by atoms with Crippen LogP contribution in [0.15, 0.2) is 24.4 Å². The van der Waals surface area contributed by atoms with Crippen LogP contribution in [-0.2, 0) is 14.3 Å². The first-order valence-electron chi connectivity index (χ1n) is 5.15. The second kappa shape index (κ2) is 5.41. The van der Waals surface area contributed by atoms with Gasteiger partial charge in [0.2, 0.25) is 0 Å². The number of aromatic nitrogens is 1. The Hall–Kier alpha value is -0.940. The van der Waals surface area contributed by atoms with E-state index in [0.717, 1.165) is 11.9 Å². The summed E-state index contributed by atoms with van der Waals surface area (Å²) < 4.78 is 26.7. The predicted molar refractivity (Wildman–Crippen MR) is 62.6 cm³/mol. The molecular formula is C11H17NO3S. The molecule has 4 nitrogen and oxygen atoms in total. The van der Waals surface area contributed by atoms with E-state index in [9.17, 15) is 8.42 Å². The maximum Gasteiger partial charge on any atom is 0.264 e. The monoisotopic (exact) mass is 243 g/mol. The minimum Gasteiger partial charge on any atom is -0.270 e. The fourth-order valence-corrected chi connectivity index (χ4v) is 1.81. The molecule has 0 bridgehead atoms. The molecule has 1 unspecified atom stereocenters. The third-order valence-corrected chi connectivity index (χ3v) is 2.90. The topological polar surface area (TPSA) is 56.3 Å². The lowest BCUT2D eigenvalue weighted by Crippen LogP contribution is -2.17. The van der Waals surface area contributed by atoms with Gasteiger partial charge in [-0.05, 0) is 18.1 Å². The van der Waals surface area contributed by atoms with Crippen LogP contribution in [0.5, 0.6) is 0 Å². The lowest BCUT2D eigenvalue weighted by atomic mass is 9.93. The first-order chi connectivity index (χ1) is 7.40. The van der Waals surface area contributed by atoms with Gasteiger partial charge in [-0.2, -0.15) is 8.42 Å². The van der Waals surface area contributed by atoms with Crippen molar-refractivity contribution in [2.24, 2.45) is 5.92 Å². The first kappa shape index (κ1) is 13.1.